The summed E-state index contributed by atoms with van der Waals surface area (Å²) in [5.41, 5.74) is 0. The van der Waals surface area contributed by atoms with Crippen LogP contribution in [0.1, 0.15) is 142 Å². The highest BCUT2D eigenvalue weighted by Crippen LogP contribution is 2.13. The molecule has 248 valence electrons. The first-order valence-electron chi connectivity index (χ1n) is 17.0. The summed E-state index contributed by atoms with van der Waals surface area (Å²) in [6.45, 7) is 4.28. The maximum absolute atomic E-state index is 12.4. The molecule has 6 nitrogen and oxygen atoms in total. The van der Waals surface area contributed by atoms with Crippen molar-refractivity contribution in [1.29, 1.82) is 0 Å². The zero-order valence-electron chi connectivity index (χ0n) is 27.3. The minimum atomic E-state index is -4.30. The second kappa shape index (κ2) is 30.1. The number of hydrogen-bond donors (Lipinski definition) is 3. The third-order valence-corrected chi connectivity index (χ3v) is 8.02. The normalized spacial score (nSPS) is 14.2. The molecule has 1 amide bonds. The number of carbonyl (C=O) groups excluding carboxylic acids is 1. The van der Waals surface area contributed by atoms with Crippen LogP contribution in [0.5, 0.6) is 0 Å². The van der Waals surface area contributed by atoms with Crippen LogP contribution in [0.25, 0.3) is 0 Å². The van der Waals surface area contributed by atoms with Crippen molar-refractivity contribution < 1.29 is 22.9 Å². The minimum absolute atomic E-state index is 0.268. The van der Waals surface area contributed by atoms with Gasteiger partial charge in [-0.2, -0.15) is 8.42 Å². The Morgan fingerprint density at radius 1 is 0.651 bits per heavy atom. The molecule has 0 saturated heterocycles. The molecule has 0 fully saturated rings. The van der Waals surface area contributed by atoms with Gasteiger partial charge in [0.1, 0.15) is 0 Å². The number of unbranched alkanes of at least 4 members (excludes halogenated alkanes) is 11. The zero-order valence-corrected chi connectivity index (χ0v) is 28.1. The second-order valence-corrected chi connectivity index (χ2v) is 12.9. The van der Waals surface area contributed by atoms with Gasteiger partial charge in [-0.1, -0.05) is 139 Å². The van der Waals surface area contributed by atoms with Crippen LogP contribution in [-0.4, -0.2) is 41.9 Å². The molecule has 0 aromatic heterocycles. The van der Waals surface area contributed by atoms with Gasteiger partial charge >= 0.3 is 0 Å². The molecular weight excluding hydrogens is 558 g/mol. The van der Waals surface area contributed by atoms with Gasteiger partial charge in [0, 0.05) is 6.42 Å². The van der Waals surface area contributed by atoms with Gasteiger partial charge in [0.05, 0.1) is 17.9 Å². The highest BCUT2D eigenvalue weighted by Gasteiger charge is 2.25. The van der Waals surface area contributed by atoms with E-state index in [1.54, 1.807) is 0 Å². The van der Waals surface area contributed by atoms with Crippen molar-refractivity contribution in [2.45, 2.75) is 154 Å². The fraction of sp³-hybridized carbons (Fsp3) is 0.694. The molecule has 2 atom stereocenters. The molecule has 0 aliphatic heterocycles. The van der Waals surface area contributed by atoms with E-state index in [0.717, 1.165) is 96.3 Å². The van der Waals surface area contributed by atoms with Crippen LogP contribution >= 0.6 is 0 Å². The lowest BCUT2D eigenvalue weighted by Gasteiger charge is -2.23. The van der Waals surface area contributed by atoms with Gasteiger partial charge in [0.15, 0.2) is 0 Å². The molecule has 7 heteroatoms. The first-order valence-corrected chi connectivity index (χ1v) is 18.6. The summed E-state index contributed by atoms with van der Waals surface area (Å²) >= 11 is 0. The monoisotopic (exact) mass is 621 g/mol. The van der Waals surface area contributed by atoms with Gasteiger partial charge in [-0.3, -0.25) is 9.35 Å². The molecular formula is C36H63NO5S. The van der Waals surface area contributed by atoms with E-state index < -0.39 is 28.0 Å². The Morgan fingerprint density at radius 2 is 1.12 bits per heavy atom. The van der Waals surface area contributed by atoms with E-state index in [0.29, 0.717) is 12.8 Å². The van der Waals surface area contributed by atoms with E-state index in [9.17, 15) is 22.9 Å². The molecule has 0 aromatic carbocycles. The standard InChI is InChI=1S/C36H63NO5S/c1-3-5-7-9-10-11-12-13-14-15-16-17-18-19-20-21-22-23-24-25-26-28-30-32-36(39)37-34(33-43(40,41)42)35(38)31-29-27-8-6-4-2/h5,7,10-11,13-14,16-17,19-20,34-35,38H,3-4,6,8-9,12,15,18,21-33H2,1-2H3,(H,37,39)(H,40,41,42)/b7-5-,11-10-,14-13-,17-16-,20-19-. The summed E-state index contributed by atoms with van der Waals surface area (Å²) in [4.78, 5) is 12.4. The van der Waals surface area contributed by atoms with Crippen LogP contribution < -0.4 is 5.32 Å². The minimum Gasteiger partial charge on any atom is -0.391 e. The maximum Gasteiger partial charge on any atom is 0.266 e. The van der Waals surface area contributed by atoms with Crippen molar-refractivity contribution in [2.75, 3.05) is 5.75 Å². The number of amides is 1. The second-order valence-electron chi connectivity index (χ2n) is 11.4. The van der Waals surface area contributed by atoms with Crippen LogP contribution in [0.15, 0.2) is 60.8 Å². The van der Waals surface area contributed by atoms with Crippen LogP contribution in [0.4, 0.5) is 0 Å². The molecule has 0 aromatic rings. The quantitative estimate of drug-likeness (QED) is 0.0439. The number of allylic oxidation sites excluding steroid dienone is 10. The summed E-state index contributed by atoms with van der Waals surface area (Å²) in [5, 5.41) is 13.1. The number of aliphatic hydroxyl groups excluding tert-OH is 1. The van der Waals surface area contributed by atoms with Crippen molar-refractivity contribution in [3.63, 3.8) is 0 Å². The Balaban J connectivity index is 3.83. The fourth-order valence-corrected chi connectivity index (χ4v) is 5.47. The zero-order chi connectivity index (χ0) is 31.9. The summed E-state index contributed by atoms with van der Waals surface area (Å²) in [7, 11) is -4.30. The van der Waals surface area contributed by atoms with Crippen molar-refractivity contribution >= 4 is 16.0 Å². The number of nitrogens with one attached hydrogen (secondary N) is 1. The van der Waals surface area contributed by atoms with Gasteiger partial charge in [-0.15, -0.1) is 0 Å². The number of hydrogen-bond acceptors (Lipinski definition) is 4. The summed E-state index contributed by atoms with van der Waals surface area (Å²) in [5.74, 6) is -0.926. The Bertz CT molecular complexity index is 905. The van der Waals surface area contributed by atoms with E-state index >= 15 is 0 Å². The van der Waals surface area contributed by atoms with Crippen LogP contribution in [-0.2, 0) is 14.9 Å². The third kappa shape index (κ3) is 31.3. The van der Waals surface area contributed by atoms with E-state index in [1.807, 2.05) is 0 Å². The molecule has 0 heterocycles. The first kappa shape index (κ1) is 41.0. The molecule has 43 heavy (non-hydrogen) atoms. The van der Waals surface area contributed by atoms with Gasteiger partial charge < -0.3 is 10.4 Å². The van der Waals surface area contributed by atoms with Crippen molar-refractivity contribution in [2.24, 2.45) is 0 Å². The number of rotatable bonds is 29. The van der Waals surface area contributed by atoms with Gasteiger partial charge in [0.2, 0.25) is 5.91 Å². The SMILES string of the molecule is CC/C=C\C/C=C\C/C=C\C/C=C\C/C=C\CCCCCCCCCC(=O)NC(CS(=O)(=O)O)C(O)CCCCCCC. The first-order chi connectivity index (χ1) is 20.8. The number of carbonyl (C=O) groups is 1. The van der Waals surface area contributed by atoms with Gasteiger partial charge in [0.25, 0.3) is 10.1 Å². The molecule has 0 bridgehead atoms. The van der Waals surface area contributed by atoms with Crippen molar-refractivity contribution in [3.05, 3.63) is 60.8 Å². The summed E-state index contributed by atoms with van der Waals surface area (Å²) < 4.78 is 32.0. The highest BCUT2D eigenvalue weighted by molar-refractivity contribution is 7.85. The number of aliphatic hydroxyl groups is 1. The predicted molar refractivity (Wildman–Crippen MR) is 184 cm³/mol. The Labute approximate surface area is 264 Å². The Morgan fingerprint density at radius 3 is 1.65 bits per heavy atom. The Hall–Kier alpha value is -1.96. The highest BCUT2D eigenvalue weighted by atomic mass is 32.2. The van der Waals surface area contributed by atoms with E-state index in [-0.39, 0.29) is 5.91 Å². The topological polar surface area (TPSA) is 104 Å². The molecule has 0 spiro atoms. The van der Waals surface area contributed by atoms with E-state index in [2.05, 4.69) is 79.9 Å². The Kier molecular flexibility index (Phi) is 28.7. The largest absolute Gasteiger partial charge is 0.391 e. The lowest BCUT2D eigenvalue weighted by atomic mass is 10.0. The molecule has 3 N–H and O–H groups in total. The van der Waals surface area contributed by atoms with Crippen LogP contribution in [0.2, 0.25) is 0 Å². The van der Waals surface area contributed by atoms with Crippen molar-refractivity contribution in [1.82, 2.24) is 5.32 Å². The smallest absolute Gasteiger partial charge is 0.266 e. The average molecular weight is 622 g/mol. The lowest BCUT2D eigenvalue weighted by molar-refractivity contribution is -0.122. The molecule has 2 unspecified atom stereocenters. The van der Waals surface area contributed by atoms with E-state index in [1.165, 1.54) is 19.3 Å². The molecule has 0 aliphatic rings. The third-order valence-electron chi connectivity index (χ3n) is 7.24. The van der Waals surface area contributed by atoms with E-state index in [4.69, 9.17) is 0 Å². The molecule has 0 saturated carbocycles. The van der Waals surface area contributed by atoms with Crippen LogP contribution in [0, 0.1) is 0 Å². The molecule has 0 aliphatic carbocycles. The average Bonchev–Trinajstić information content (AvgIpc) is 2.96. The van der Waals surface area contributed by atoms with Gasteiger partial charge in [-0.05, 0) is 57.8 Å². The predicted octanol–water partition coefficient (Wildman–Crippen LogP) is 9.34. The maximum atomic E-state index is 12.4. The lowest BCUT2D eigenvalue weighted by Crippen LogP contribution is -2.47. The van der Waals surface area contributed by atoms with Crippen LogP contribution in [0.3, 0.4) is 0 Å². The van der Waals surface area contributed by atoms with Crippen molar-refractivity contribution in [3.8, 4) is 0 Å². The molecule has 0 radical (unpaired) electrons. The molecule has 0 rings (SSSR count). The summed E-state index contributed by atoms with van der Waals surface area (Å²) in [6.07, 6.45) is 40.7. The fourth-order valence-electron chi connectivity index (χ4n) is 4.71. The van der Waals surface area contributed by atoms with Gasteiger partial charge in [-0.25, -0.2) is 0 Å². The summed E-state index contributed by atoms with van der Waals surface area (Å²) in [6, 6.07) is -0.975.